The molecule has 0 unspecified atom stereocenters. The third kappa shape index (κ3) is 4.54. The molecule has 0 aromatic heterocycles. The van der Waals surface area contributed by atoms with Crippen LogP contribution in [0.4, 0.5) is 16.2 Å². The predicted octanol–water partition coefficient (Wildman–Crippen LogP) is 2.89. The highest BCUT2D eigenvalue weighted by atomic mass is 35.5. The largest absolute Gasteiger partial charge is 0.367 e. The van der Waals surface area contributed by atoms with Gasteiger partial charge in [0.25, 0.3) is 5.91 Å². The number of likely N-dealkylation sites (N-methyl/N-ethyl adjacent to an activating group) is 1. The molecular formula is C24H28ClN5O3. The van der Waals surface area contributed by atoms with E-state index < -0.39 is 23.4 Å². The van der Waals surface area contributed by atoms with Crippen molar-refractivity contribution in [2.75, 3.05) is 50.0 Å². The van der Waals surface area contributed by atoms with Crippen molar-refractivity contribution >= 4 is 40.8 Å². The zero-order valence-corrected chi connectivity index (χ0v) is 19.6. The van der Waals surface area contributed by atoms with Crippen LogP contribution in [0.1, 0.15) is 18.9 Å². The molecule has 4 rings (SSSR count). The number of hydrogen-bond donors (Lipinski definition) is 2. The molecule has 0 bridgehead atoms. The van der Waals surface area contributed by atoms with Crippen LogP contribution in [-0.2, 0) is 15.1 Å². The van der Waals surface area contributed by atoms with Crippen LogP contribution in [0, 0.1) is 0 Å². The molecule has 8 nitrogen and oxygen atoms in total. The van der Waals surface area contributed by atoms with Gasteiger partial charge in [-0.1, -0.05) is 48.9 Å². The summed E-state index contributed by atoms with van der Waals surface area (Å²) in [6.07, 6.45) is 0.377. The van der Waals surface area contributed by atoms with Crippen molar-refractivity contribution in [3.05, 3.63) is 59.1 Å². The molecule has 2 saturated heterocycles. The van der Waals surface area contributed by atoms with Gasteiger partial charge in [-0.3, -0.25) is 14.5 Å². The maximum absolute atomic E-state index is 13.3. The van der Waals surface area contributed by atoms with E-state index in [9.17, 15) is 14.4 Å². The number of urea groups is 1. The van der Waals surface area contributed by atoms with E-state index in [1.807, 2.05) is 31.2 Å². The number of amides is 4. The smallest absolute Gasteiger partial charge is 0.325 e. The van der Waals surface area contributed by atoms with E-state index in [4.69, 9.17) is 11.6 Å². The summed E-state index contributed by atoms with van der Waals surface area (Å²) in [6.45, 7) is 4.93. The maximum Gasteiger partial charge on any atom is 0.325 e. The predicted molar refractivity (Wildman–Crippen MR) is 128 cm³/mol. The van der Waals surface area contributed by atoms with Crippen LogP contribution in [0.25, 0.3) is 0 Å². The highest BCUT2D eigenvalue weighted by Crippen LogP contribution is 2.33. The molecule has 2 N–H and O–H groups in total. The minimum atomic E-state index is -1.17. The van der Waals surface area contributed by atoms with Gasteiger partial charge in [-0.2, -0.15) is 0 Å². The van der Waals surface area contributed by atoms with Crippen LogP contribution in [-0.4, -0.2) is 67.4 Å². The summed E-state index contributed by atoms with van der Waals surface area (Å²) in [5.74, 6) is -0.891. The van der Waals surface area contributed by atoms with Gasteiger partial charge < -0.3 is 20.4 Å². The molecule has 2 heterocycles. The second kappa shape index (κ2) is 9.41. The molecule has 0 aliphatic carbocycles. The molecule has 2 aliphatic rings. The first kappa shape index (κ1) is 23.1. The zero-order valence-electron chi connectivity index (χ0n) is 18.8. The van der Waals surface area contributed by atoms with E-state index in [2.05, 4.69) is 27.5 Å². The number of anilines is 2. The third-order valence-electron chi connectivity index (χ3n) is 6.35. The number of rotatable bonds is 6. The van der Waals surface area contributed by atoms with Gasteiger partial charge in [0.05, 0.1) is 11.4 Å². The normalized spacial score (nSPS) is 21.3. The van der Waals surface area contributed by atoms with Crippen molar-refractivity contribution in [1.29, 1.82) is 0 Å². The lowest BCUT2D eigenvalue weighted by molar-refractivity contribution is -0.134. The number of imide groups is 1. The Labute approximate surface area is 198 Å². The lowest BCUT2D eigenvalue weighted by Crippen LogP contribution is -2.45. The van der Waals surface area contributed by atoms with Gasteiger partial charge in [-0.15, -0.1) is 0 Å². The van der Waals surface area contributed by atoms with Crippen molar-refractivity contribution < 1.29 is 14.4 Å². The molecule has 0 saturated carbocycles. The fourth-order valence-electron chi connectivity index (χ4n) is 4.40. The second-order valence-corrected chi connectivity index (χ2v) is 8.88. The van der Waals surface area contributed by atoms with Crippen LogP contribution in [0.3, 0.4) is 0 Å². The summed E-state index contributed by atoms with van der Waals surface area (Å²) < 4.78 is 0. The number of carbonyl (C=O) groups is 3. The third-order valence-corrected chi connectivity index (χ3v) is 6.59. The molecule has 174 valence electrons. The molecule has 1 atom stereocenters. The van der Waals surface area contributed by atoms with Gasteiger partial charge in [-0.25, -0.2) is 4.79 Å². The SMILES string of the molecule is CC[C@]1(c2ccccc2)NC(=O)N(CC(=O)Nc2cc(Cl)ccc2N2CCN(C)CC2)C1=O. The fourth-order valence-corrected chi connectivity index (χ4v) is 4.57. The number of halogens is 1. The van der Waals surface area contributed by atoms with Crippen LogP contribution < -0.4 is 15.5 Å². The first-order valence-corrected chi connectivity index (χ1v) is 11.4. The topological polar surface area (TPSA) is 85.0 Å². The molecule has 2 fully saturated rings. The van der Waals surface area contributed by atoms with Crippen molar-refractivity contribution in [3.63, 3.8) is 0 Å². The van der Waals surface area contributed by atoms with Crippen molar-refractivity contribution in [3.8, 4) is 0 Å². The highest BCUT2D eigenvalue weighted by molar-refractivity contribution is 6.31. The van der Waals surface area contributed by atoms with Gasteiger partial charge in [0.1, 0.15) is 12.1 Å². The van der Waals surface area contributed by atoms with Gasteiger partial charge in [0.2, 0.25) is 5.91 Å². The molecule has 0 spiro atoms. The Hall–Kier alpha value is -3.10. The van der Waals surface area contributed by atoms with E-state index in [0.717, 1.165) is 36.8 Å². The molecule has 2 aromatic carbocycles. The highest BCUT2D eigenvalue weighted by Gasteiger charge is 2.51. The Morgan fingerprint density at radius 2 is 1.79 bits per heavy atom. The summed E-state index contributed by atoms with van der Waals surface area (Å²) in [6, 6.07) is 13.9. The number of benzene rings is 2. The van der Waals surface area contributed by atoms with Gasteiger partial charge in [0.15, 0.2) is 0 Å². The maximum atomic E-state index is 13.3. The Kier molecular flexibility index (Phi) is 6.58. The Morgan fingerprint density at radius 1 is 1.09 bits per heavy atom. The monoisotopic (exact) mass is 469 g/mol. The van der Waals surface area contributed by atoms with Crippen LogP contribution in [0.15, 0.2) is 48.5 Å². The molecule has 2 aliphatic heterocycles. The number of carbonyl (C=O) groups excluding carboxylic acids is 3. The standard InChI is InChI=1S/C24H28ClN5O3/c1-3-24(17-7-5-4-6-8-17)22(32)30(23(33)27-24)16-21(31)26-19-15-18(25)9-10-20(19)29-13-11-28(2)12-14-29/h4-10,15H,3,11-14,16H2,1-2H3,(H,26,31)(H,27,33)/t24-/m1/s1. The number of nitrogens with zero attached hydrogens (tertiary/aromatic N) is 3. The first-order chi connectivity index (χ1) is 15.8. The Morgan fingerprint density at radius 3 is 2.45 bits per heavy atom. The molecular weight excluding hydrogens is 442 g/mol. The number of hydrogen-bond acceptors (Lipinski definition) is 5. The zero-order chi connectivity index (χ0) is 23.6. The van der Waals surface area contributed by atoms with Crippen molar-refractivity contribution in [1.82, 2.24) is 15.1 Å². The Balaban J connectivity index is 1.51. The molecule has 33 heavy (non-hydrogen) atoms. The second-order valence-electron chi connectivity index (χ2n) is 8.45. The minimum absolute atomic E-state index is 0.377. The average Bonchev–Trinajstić information content (AvgIpc) is 3.05. The molecule has 9 heteroatoms. The van der Waals surface area contributed by atoms with E-state index in [1.54, 1.807) is 24.3 Å². The summed E-state index contributed by atoms with van der Waals surface area (Å²) in [7, 11) is 2.08. The molecule has 0 radical (unpaired) electrons. The summed E-state index contributed by atoms with van der Waals surface area (Å²) in [4.78, 5) is 44.3. The lowest BCUT2D eigenvalue weighted by atomic mass is 9.87. The van der Waals surface area contributed by atoms with Crippen molar-refractivity contribution in [2.24, 2.45) is 0 Å². The van der Waals surface area contributed by atoms with Gasteiger partial charge >= 0.3 is 6.03 Å². The van der Waals surface area contributed by atoms with Crippen LogP contribution in [0.5, 0.6) is 0 Å². The van der Waals surface area contributed by atoms with Crippen LogP contribution >= 0.6 is 11.6 Å². The quantitative estimate of drug-likeness (QED) is 0.635. The van der Waals surface area contributed by atoms with E-state index in [1.165, 1.54) is 0 Å². The van der Waals surface area contributed by atoms with E-state index >= 15 is 0 Å². The number of nitrogens with one attached hydrogen (secondary N) is 2. The lowest BCUT2D eigenvalue weighted by Gasteiger charge is -2.35. The molecule has 2 aromatic rings. The van der Waals surface area contributed by atoms with Gasteiger partial charge in [0, 0.05) is 31.2 Å². The summed E-state index contributed by atoms with van der Waals surface area (Å²) in [5, 5.41) is 6.16. The average molecular weight is 470 g/mol. The van der Waals surface area contributed by atoms with E-state index in [0.29, 0.717) is 22.7 Å². The minimum Gasteiger partial charge on any atom is -0.367 e. The van der Waals surface area contributed by atoms with Crippen LogP contribution in [0.2, 0.25) is 5.02 Å². The Bertz CT molecular complexity index is 1060. The summed E-state index contributed by atoms with van der Waals surface area (Å²) in [5.41, 5.74) is 0.958. The molecule has 4 amide bonds. The van der Waals surface area contributed by atoms with E-state index in [-0.39, 0.29) is 6.54 Å². The fraction of sp³-hybridized carbons (Fsp3) is 0.375. The first-order valence-electron chi connectivity index (χ1n) is 11.1. The van der Waals surface area contributed by atoms with Gasteiger partial charge in [-0.05, 0) is 37.2 Å². The summed E-state index contributed by atoms with van der Waals surface area (Å²) >= 11 is 6.20. The van der Waals surface area contributed by atoms with Crippen molar-refractivity contribution in [2.45, 2.75) is 18.9 Å². The number of piperazine rings is 1.